The zero-order valence-electron chi connectivity index (χ0n) is 60.6. The first-order valence-electron chi connectivity index (χ1n) is 39.3. The summed E-state index contributed by atoms with van der Waals surface area (Å²) in [7, 11) is 1.19. The van der Waals surface area contributed by atoms with E-state index in [9.17, 15) is 19.0 Å². The summed E-state index contributed by atoms with van der Waals surface area (Å²) >= 11 is 0. The highest BCUT2D eigenvalue weighted by Gasteiger charge is 2.22. The van der Waals surface area contributed by atoms with Gasteiger partial charge in [-0.3, -0.25) is 14.2 Å². The highest BCUT2D eigenvalue weighted by atomic mass is 31.2. The molecule has 0 N–H and O–H groups in total. The van der Waals surface area contributed by atoms with Gasteiger partial charge in [0.1, 0.15) is 19.8 Å². The van der Waals surface area contributed by atoms with Crippen LogP contribution >= 0.6 is 7.82 Å². The Bertz CT molecular complexity index is 1660. The second kappa shape index (κ2) is 71.3. The number of phosphoric acid groups is 1. The molecule has 0 spiro atoms. The molecule has 0 aliphatic rings. The van der Waals surface area contributed by atoms with E-state index in [0.29, 0.717) is 17.4 Å². The molecule has 2 atom stereocenters. The lowest BCUT2D eigenvalue weighted by Crippen LogP contribution is -2.37. The lowest BCUT2D eigenvalue weighted by atomic mass is 10.0. The third kappa shape index (κ3) is 75.0. The average Bonchev–Trinajstić information content (AvgIpc) is 3.58. The molecule has 0 aliphatic heterocycles. The molecule has 0 aliphatic carbocycles. The van der Waals surface area contributed by atoms with Gasteiger partial charge in [-0.15, -0.1) is 0 Å². The molecule has 0 aromatic carbocycles. The van der Waals surface area contributed by atoms with Crippen molar-refractivity contribution in [2.24, 2.45) is 0 Å². The Morgan fingerprint density at radius 1 is 0.344 bits per heavy atom. The van der Waals surface area contributed by atoms with Crippen LogP contribution in [0.25, 0.3) is 0 Å². The zero-order chi connectivity index (χ0) is 65.5. The van der Waals surface area contributed by atoms with Gasteiger partial charge in [0.15, 0.2) is 6.10 Å². The number of hydrogen-bond donors (Lipinski definition) is 0. The maximum Gasteiger partial charge on any atom is 0.306 e. The average molecular weight is 1290 g/mol. The van der Waals surface area contributed by atoms with E-state index in [-0.39, 0.29) is 32.0 Å². The van der Waals surface area contributed by atoms with E-state index >= 15 is 0 Å². The van der Waals surface area contributed by atoms with Crippen molar-refractivity contribution in [1.29, 1.82) is 0 Å². The van der Waals surface area contributed by atoms with Gasteiger partial charge >= 0.3 is 11.9 Å². The summed E-state index contributed by atoms with van der Waals surface area (Å²) < 4.78 is 34.4. The lowest BCUT2D eigenvalue weighted by Gasteiger charge is -2.28. The monoisotopic (exact) mass is 1290 g/mol. The number of likely N-dealkylation sites (N-methyl/N-ethyl adjacent to an activating group) is 1. The first-order valence-corrected chi connectivity index (χ1v) is 40.8. The highest BCUT2D eigenvalue weighted by Crippen LogP contribution is 2.38. The summed E-state index contributed by atoms with van der Waals surface area (Å²) in [5.41, 5.74) is 0. The SMILES string of the molecule is CCCCCCC/C=C\C/C=C\C/C=C\CCCCCCCCCCCCCCCCCCC(=O)OC(COC(=O)CCCCCCCCCCCCCCCCCCCCCCCCC/C=C\CCCCCCCCCC)COP(=O)([O-])OCC[N+](C)(C)C. The van der Waals surface area contributed by atoms with Crippen molar-refractivity contribution in [2.45, 2.75) is 405 Å². The molecule has 2 unspecified atom stereocenters. The number of unbranched alkanes of at least 4 members (excludes halogenated alkanes) is 52. The molecule has 0 saturated carbocycles. The van der Waals surface area contributed by atoms with Gasteiger partial charge in [-0.25, -0.2) is 0 Å². The fourth-order valence-corrected chi connectivity index (χ4v) is 12.5. The minimum Gasteiger partial charge on any atom is -0.756 e. The van der Waals surface area contributed by atoms with E-state index in [0.717, 1.165) is 51.4 Å². The Morgan fingerprint density at radius 3 is 0.900 bits per heavy atom. The molecule has 10 heteroatoms. The standard InChI is InChI=1S/C80H152NO8P/c1-6-8-10-12-14-16-18-20-22-24-26-28-30-32-34-36-38-39-40-41-43-44-46-48-50-52-54-56-58-60-62-64-66-68-70-72-79(82)86-76-78(77-88-90(84,85)87-75-74-81(3,4)5)89-80(83)73-71-69-67-65-63-61-59-57-55-53-51-49-47-45-42-37-35-33-31-29-27-25-23-21-19-17-15-13-11-9-7-2/h19,21,24-27,31,33,78H,6-18,20,22-23,28-30,32,34-77H2,1-5H3/b21-19-,26-24-,27-25-,33-31-. The van der Waals surface area contributed by atoms with Crippen LogP contribution in [0.15, 0.2) is 48.6 Å². The number of hydrogen-bond acceptors (Lipinski definition) is 8. The maximum absolute atomic E-state index is 12.9. The smallest absolute Gasteiger partial charge is 0.306 e. The number of ether oxygens (including phenoxy) is 2. The largest absolute Gasteiger partial charge is 0.756 e. The molecule has 0 heterocycles. The molecule has 9 nitrogen and oxygen atoms in total. The number of allylic oxidation sites excluding steroid dienone is 8. The summed E-state index contributed by atoms with van der Waals surface area (Å²) in [5.74, 6) is -0.812. The van der Waals surface area contributed by atoms with Crippen LogP contribution in [0.3, 0.4) is 0 Å². The molecule has 0 radical (unpaired) electrons. The van der Waals surface area contributed by atoms with Crippen LogP contribution in [0.4, 0.5) is 0 Å². The van der Waals surface area contributed by atoms with Gasteiger partial charge in [-0.05, 0) is 77.0 Å². The van der Waals surface area contributed by atoms with E-state index in [1.54, 1.807) is 0 Å². The van der Waals surface area contributed by atoms with Gasteiger partial charge in [-0.2, -0.15) is 0 Å². The van der Waals surface area contributed by atoms with E-state index in [2.05, 4.69) is 62.5 Å². The van der Waals surface area contributed by atoms with Gasteiger partial charge in [0.25, 0.3) is 7.82 Å². The van der Waals surface area contributed by atoms with E-state index in [4.69, 9.17) is 18.5 Å². The molecule has 0 aromatic heterocycles. The first-order chi connectivity index (χ1) is 44.0. The number of rotatable bonds is 74. The number of carbonyl (C=O) groups excluding carboxylic acids is 2. The Balaban J connectivity index is 3.93. The lowest BCUT2D eigenvalue weighted by molar-refractivity contribution is -0.870. The van der Waals surface area contributed by atoms with Crippen LogP contribution in [0.1, 0.15) is 399 Å². The summed E-state index contributed by atoms with van der Waals surface area (Å²) in [5, 5.41) is 0. The molecule has 0 saturated heterocycles. The topological polar surface area (TPSA) is 111 Å². The number of esters is 2. The second-order valence-electron chi connectivity index (χ2n) is 28.1. The predicted octanol–water partition coefficient (Wildman–Crippen LogP) is 25.3. The Hall–Kier alpha value is -2.03. The normalized spacial score (nSPS) is 13.3. The summed E-state index contributed by atoms with van der Waals surface area (Å²) in [6.07, 6.45) is 93.7. The summed E-state index contributed by atoms with van der Waals surface area (Å²) in [6.45, 7) is 4.30. The summed E-state index contributed by atoms with van der Waals surface area (Å²) in [4.78, 5) is 38.2. The minimum atomic E-state index is -4.64. The fourth-order valence-electron chi connectivity index (χ4n) is 11.8. The third-order valence-electron chi connectivity index (χ3n) is 17.8. The van der Waals surface area contributed by atoms with Gasteiger partial charge in [0.2, 0.25) is 0 Å². The van der Waals surface area contributed by atoms with Gasteiger partial charge in [-0.1, -0.05) is 358 Å². The van der Waals surface area contributed by atoms with E-state index < -0.39 is 26.5 Å². The Labute approximate surface area is 560 Å². The minimum absolute atomic E-state index is 0.0287. The van der Waals surface area contributed by atoms with E-state index in [1.165, 1.54) is 315 Å². The van der Waals surface area contributed by atoms with Crippen LogP contribution in [-0.4, -0.2) is 70.0 Å². The zero-order valence-corrected chi connectivity index (χ0v) is 61.5. The Kier molecular flexibility index (Phi) is 69.7. The van der Waals surface area contributed by atoms with Crippen LogP contribution < -0.4 is 4.89 Å². The molecular weight excluding hydrogens is 1130 g/mol. The highest BCUT2D eigenvalue weighted by molar-refractivity contribution is 7.45. The molecule has 0 aromatic rings. The number of phosphoric ester groups is 1. The van der Waals surface area contributed by atoms with Crippen molar-refractivity contribution in [3.63, 3.8) is 0 Å². The Morgan fingerprint density at radius 2 is 0.600 bits per heavy atom. The number of quaternary nitrogens is 1. The van der Waals surface area contributed by atoms with Crippen molar-refractivity contribution < 1.29 is 42.1 Å². The molecule has 0 amide bonds. The van der Waals surface area contributed by atoms with Gasteiger partial charge < -0.3 is 27.9 Å². The molecular formula is C80H152NO8P. The molecule has 90 heavy (non-hydrogen) atoms. The predicted molar refractivity (Wildman–Crippen MR) is 388 cm³/mol. The molecule has 0 rings (SSSR count). The van der Waals surface area contributed by atoms with Crippen LogP contribution in [-0.2, 0) is 32.7 Å². The van der Waals surface area contributed by atoms with Crippen LogP contribution in [0.2, 0.25) is 0 Å². The third-order valence-corrected chi connectivity index (χ3v) is 18.8. The van der Waals surface area contributed by atoms with Crippen LogP contribution in [0, 0.1) is 0 Å². The fraction of sp³-hybridized carbons (Fsp3) is 0.875. The maximum atomic E-state index is 12.9. The van der Waals surface area contributed by atoms with Crippen molar-refractivity contribution in [1.82, 2.24) is 0 Å². The van der Waals surface area contributed by atoms with Crippen molar-refractivity contribution >= 4 is 19.8 Å². The number of nitrogens with zero attached hydrogens (tertiary/aromatic N) is 1. The molecule has 0 bridgehead atoms. The van der Waals surface area contributed by atoms with Crippen molar-refractivity contribution in [3.8, 4) is 0 Å². The first kappa shape index (κ1) is 88.0. The summed E-state index contributed by atoms with van der Waals surface area (Å²) in [6, 6.07) is 0. The second-order valence-corrected chi connectivity index (χ2v) is 29.5. The molecule has 0 fully saturated rings. The van der Waals surface area contributed by atoms with Crippen molar-refractivity contribution in [3.05, 3.63) is 48.6 Å². The van der Waals surface area contributed by atoms with Gasteiger partial charge in [0, 0.05) is 12.8 Å². The number of carbonyl (C=O) groups is 2. The van der Waals surface area contributed by atoms with E-state index in [1.807, 2.05) is 21.1 Å². The quantitative estimate of drug-likeness (QED) is 0.0195. The van der Waals surface area contributed by atoms with Gasteiger partial charge in [0.05, 0.1) is 27.7 Å². The van der Waals surface area contributed by atoms with Crippen LogP contribution in [0.5, 0.6) is 0 Å². The molecule has 530 valence electrons. The van der Waals surface area contributed by atoms with Crippen molar-refractivity contribution in [2.75, 3.05) is 47.5 Å².